The van der Waals surface area contributed by atoms with Gasteiger partial charge in [-0.05, 0) is 13.3 Å². The Balaban J connectivity index is -0.000000720. The second kappa shape index (κ2) is 10.4. The summed E-state index contributed by atoms with van der Waals surface area (Å²) in [6.07, 6.45) is 3.99. The maximum absolute atomic E-state index is 10.8. The minimum atomic E-state index is -3.72. The standard InChI is InChI=1S/C8H18O4S.Na.H/c1-3-5-6-7-8-12-13(9,10)11-4-2;;/h3-8H2,1-2H3;;/q;+1;-1. The molecule has 0 saturated heterocycles. The van der Waals surface area contributed by atoms with Gasteiger partial charge < -0.3 is 1.43 Å². The molecule has 0 heterocycles. The minimum absolute atomic E-state index is 0. The van der Waals surface area contributed by atoms with Crippen molar-refractivity contribution in [2.45, 2.75) is 39.5 Å². The fourth-order valence-electron chi connectivity index (χ4n) is 0.868. The summed E-state index contributed by atoms with van der Waals surface area (Å²) in [7, 11) is -3.72. The normalized spacial score (nSPS) is 11.0. The van der Waals surface area contributed by atoms with Crippen LogP contribution in [0.2, 0.25) is 0 Å². The van der Waals surface area contributed by atoms with E-state index in [-0.39, 0.29) is 44.2 Å². The van der Waals surface area contributed by atoms with Crippen LogP contribution in [0.1, 0.15) is 41.0 Å². The first-order chi connectivity index (χ1) is 6.12. The molecule has 0 rings (SSSR count). The van der Waals surface area contributed by atoms with Crippen LogP contribution in [0, 0.1) is 0 Å². The summed E-state index contributed by atoms with van der Waals surface area (Å²) in [5.41, 5.74) is 0. The Morgan fingerprint density at radius 2 is 1.71 bits per heavy atom. The number of rotatable bonds is 8. The molecule has 0 bridgehead atoms. The molecule has 0 N–H and O–H groups in total. The molecule has 0 aromatic carbocycles. The van der Waals surface area contributed by atoms with E-state index >= 15 is 0 Å². The van der Waals surface area contributed by atoms with E-state index < -0.39 is 10.4 Å². The zero-order valence-electron chi connectivity index (χ0n) is 10.3. The van der Waals surface area contributed by atoms with Crippen LogP contribution in [0.5, 0.6) is 0 Å². The molecule has 0 fully saturated rings. The van der Waals surface area contributed by atoms with Crippen molar-refractivity contribution in [3.63, 3.8) is 0 Å². The van der Waals surface area contributed by atoms with Crippen LogP contribution in [0.15, 0.2) is 0 Å². The van der Waals surface area contributed by atoms with Gasteiger partial charge >= 0.3 is 40.0 Å². The summed E-state index contributed by atoms with van der Waals surface area (Å²) in [5.74, 6) is 0. The number of hydrogen-bond donors (Lipinski definition) is 0. The van der Waals surface area contributed by atoms with Crippen molar-refractivity contribution >= 4 is 10.4 Å². The third-order valence-corrected chi connectivity index (χ3v) is 2.47. The monoisotopic (exact) mass is 234 g/mol. The predicted octanol–water partition coefficient (Wildman–Crippen LogP) is -1.02. The summed E-state index contributed by atoms with van der Waals surface area (Å²) >= 11 is 0. The van der Waals surface area contributed by atoms with E-state index in [9.17, 15) is 8.42 Å². The van der Waals surface area contributed by atoms with Crippen LogP contribution in [0.3, 0.4) is 0 Å². The Kier molecular flexibility index (Phi) is 12.8. The van der Waals surface area contributed by atoms with Gasteiger partial charge in [0, 0.05) is 0 Å². The Bertz CT molecular complexity index is 209. The number of hydrogen-bond acceptors (Lipinski definition) is 4. The van der Waals surface area contributed by atoms with Crippen molar-refractivity contribution in [2.75, 3.05) is 13.2 Å². The molecule has 6 heteroatoms. The molecule has 0 atom stereocenters. The fourth-order valence-corrected chi connectivity index (χ4v) is 1.55. The average molecular weight is 234 g/mol. The Labute approximate surface area is 110 Å². The second-order valence-corrected chi connectivity index (χ2v) is 3.99. The third-order valence-electron chi connectivity index (χ3n) is 1.49. The topological polar surface area (TPSA) is 52.6 Å². The summed E-state index contributed by atoms with van der Waals surface area (Å²) < 4.78 is 30.6. The van der Waals surface area contributed by atoms with Gasteiger partial charge in [-0.15, -0.1) is 0 Å². The molecule has 0 aliphatic heterocycles. The minimum Gasteiger partial charge on any atom is -1.00 e. The smallest absolute Gasteiger partial charge is 1.00 e. The average Bonchev–Trinajstić information content (AvgIpc) is 2.04. The summed E-state index contributed by atoms with van der Waals surface area (Å²) in [5, 5.41) is 0. The van der Waals surface area contributed by atoms with Gasteiger partial charge in [0.2, 0.25) is 0 Å². The van der Waals surface area contributed by atoms with Crippen LogP contribution in [0.4, 0.5) is 0 Å². The van der Waals surface area contributed by atoms with Crippen molar-refractivity contribution < 1.29 is 47.8 Å². The van der Waals surface area contributed by atoms with Gasteiger partial charge in [-0.2, -0.15) is 8.42 Å². The molecule has 0 amide bonds. The van der Waals surface area contributed by atoms with E-state index in [1.165, 1.54) is 0 Å². The molecule has 0 radical (unpaired) electrons. The van der Waals surface area contributed by atoms with Gasteiger partial charge in [0.1, 0.15) is 0 Å². The third kappa shape index (κ3) is 10.9. The fraction of sp³-hybridized carbons (Fsp3) is 1.00. The van der Waals surface area contributed by atoms with Crippen molar-refractivity contribution in [1.29, 1.82) is 0 Å². The maximum atomic E-state index is 10.8. The number of unbranched alkanes of at least 4 members (excludes halogenated alkanes) is 3. The van der Waals surface area contributed by atoms with Crippen LogP contribution in [-0.4, -0.2) is 21.6 Å². The van der Waals surface area contributed by atoms with Crippen LogP contribution in [-0.2, 0) is 18.8 Å². The van der Waals surface area contributed by atoms with E-state index in [1.807, 2.05) is 0 Å². The largest absolute Gasteiger partial charge is 1.00 e. The molecule has 0 unspecified atom stereocenters. The molecule has 0 aromatic rings. The maximum Gasteiger partial charge on any atom is 1.00 e. The quantitative estimate of drug-likeness (QED) is 0.398. The van der Waals surface area contributed by atoms with Crippen molar-refractivity contribution in [3.8, 4) is 0 Å². The predicted molar refractivity (Wildman–Crippen MR) is 51.8 cm³/mol. The Hall–Kier alpha value is 0.870. The van der Waals surface area contributed by atoms with E-state index in [0.717, 1.165) is 25.7 Å². The first-order valence-electron chi connectivity index (χ1n) is 4.66. The Morgan fingerprint density at radius 1 is 1.07 bits per heavy atom. The zero-order chi connectivity index (χ0) is 10.2. The second-order valence-electron chi connectivity index (χ2n) is 2.70. The SMILES string of the molecule is CCCCCCOS(=O)(=O)OCC.[H-].[Na+]. The van der Waals surface area contributed by atoms with Gasteiger partial charge in [-0.25, -0.2) is 8.37 Å². The molecule has 0 spiro atoms. The van der Waals surface area contributed by atoms with Gasteiger partial charge in [-0.3, -0.25) is 0 Å². The van der Waals surface area contributed by atoms with E-state index in [1.54, 1.807) is 6.92 Å². The first kappa shape index (κ1) is 17.3. The van der Waals surface area contributed by atoms with E-state index in [2.05, 4.69) is 15.3 Å². The molecular formula is C8H19NaO4S. The summed E-state index contributed by atoms with van der Waals surface area (Å²) in [6, 6.07) is 0. The van der Waals surface area contributed by atoms with Crippen molar-refractivity contribution in [2.24, 2.45) is 0 Å². The van der Waals surface area contributed by atoms with E-state index in [4.69, 9.17) is 0 Å². The zero-order valence-corrected chi connectivity index (χ0v) is 12.1. The van der Waals surface area contributed by atoms with Gasteiger partial charge in [0.25, 0.3) is 0 Å². The first-order valence-corrected chi connectivity index (χ1v) is 5.99. The molecule has 14 heavy (non-hydrogen) atoms. The van der Waals surface area contributed by atoms with Gasteiger partial charge in [0.05, 0.1) is 13.2 Å². The van der Waals surface area contributed by atoms with Gasteiger partial charge in [-0.1, -0.05) is 26.2 Å². The molecule has 0 saturated carbocycles. The Morgan fingerprint density at radius 3 is 2.21 bits per heavy atom. The van der Waals surface area contributed by atoms with E-state index in [0.29, 0.717) is 0 Å². The molecule has 4 nitrogen and oxygen atoms in total. The van der Waals surface area contributed by atoms with Gasteiger partial charge in [0.15, 0.2) is 0 Å². The molecule has 0 aliphatic carbocycles. The molecular weight excluding hydrogens is 215 g/mol. The summed E-state index contributed by atoms with van der Waals surface area (Å²) in [6.45, 7) is 4.05. The van der Waals surface area contributed by atoms with Crippen molar-refractivity contribution in [1.82, 2.24) is 0 Å². The van der Waals surface area contributed by atoms with Crippen molar-refractivity contribution in [3.05, 3.63) is 0 Å². The van der Waals surface area contributed by atoms with Crippen LogP contribution in [0.25, 0.3) is 0 Å². The van der Waals surface area contributed by atoms with Crippen LogP contribution >= 0.6 is 0 Å². The molecule has 0 aliphatic rings. The summed E-state index contributed by atoms with van der Waals surface area (Å²) in [4.78, 5) is 0. The molecule has 0 aromatic heterocycles. The molecule has 82 valence electrons. The van der Waals surface area contributed by atoms with Crippen LogP contribution < -0.4 is 29.6 Å².